The van der Waals surface area contributed by atoms with E-state index in [0.29, 0.717) is 12.4 Å². The van der Waals surface area contributed by atoms with E-state index in [1.807, 2.05) is 24.3 Å². The van der Waals surface area contributed by atoms with Gasteiger partial charge in [0.05, 0.1) is 7.11 Å². The second-order valence-electron chi connectivity index (χ2n) is 3.13. The number of aromatic nitrogens is 3. The molecule has 0 radical (unpaired) electrons. The summed E-state index contributed by atoms with van der Waals surface area (Å²) in [6.45, 7) is 0.607. The number of pyridine rings is 1. The Labute approximate surface area is 93.5 Å². The first-order valence-corrected chi connectivity index (χ1v) is 4.89. The summed E-state index contributed by atoms with van der Waals surface area (Å²) in [7, 11) is 1.61. The molecule has 0 spiro atoms. The largest absolute Gasteiger partial charge is 0.481 e. The molecule has 0 saturated heterocycles. The minimum atomic E-state index is 0.607. The molecule has 16 heavy (non-hydrogen) atoms. The van der Waals surface area contributed by atoms with Gasteiger partial charge in [-0.3, -0.25) is 0 Å². The smallest absolute Gasteiger partial charge is 0.218 e. The summed E-state index contributed by atoms with van der Waals surface area (Å²) in [6, 6.07) is 7.51. The molecule has 2 heterocycles. The Morgan fingerprint density at radius 1 is 1.25 bits per heavy atom. The Kier molecular flexibility index (Phi) is 3.28. The minimum absolute atomic E-state index is 0.607. The van der Waals surface area contributed by atoms with Gasteiger partial charge in [-0.05, 0) is 18.2 Å². The first-order chi connectivity index (χ1) is 7.90. The first-order valence-electron chi connectivity index (χ1n) is 4.89. The van der Waals surface area contributed by atoms with Crippen LogP contribution < -0.4 is 10.1 Å². The van der Waals surface area contributed by atoms with Gasteiger partial charge in [-0.25, -0.2) is 4.98 Å². The van der Waals surface area contributed by atoms with Crippen LogP contribution in [0.3, 0.4) is 0 Å². The van der Waals surface area contributed by atoms with E-state index >= 15 is 0 Å². The molecule has 0 amide bonds. The molecule has 2 aromatic heterocycles. The van der Waals surface area contributed by atoms with Gasteiger partial charge in [0.15, 0.2) is 0 Å². The second-order valence-corrected chi connectivity index (χ2v) is 3.13. The molecule has 0 fully saturated rings. The zero-order valence-corrected chi connectivity index (χ0v) is 8.92. The molecule has 0 saturated carbocycles. The lowest BCUT2D eigenvalue weighted by Gasteiger charge is -2.07. The summed E-state index contributed by atoms with van der Waals surface area (Å²) < 4.78 is 5.15. The third kappa shape index (κ3) is 2.44. The van der Waals surface area contributed by atoms with Crippen LogP contribution in [0.2, 0.25) is 0 Å². The second kappa shape index (κ2) is 5.06. The van der Waals surface area contributed by atoms with E-state index in [0.717, 1.165) is 11.4 Å². The molecule has 1 N–H and O–H groups in total. The van der Waals surface area contributed by atoms with Gasteiger partial charge in [-0.15, -0.1) is 5.10 Å². The molecule has 5 nitrogen and oxygen atoms in total. The lowest BCUT2D eigenvalue weighted by Crippen LogP contribution is -2.04. The molecular formula is C11H12N4O. The third-order valence-corrected chi connectivity index (χ3v) is 2.08. The average Bonchev–Trinajstić information content (AvgIpc) is 2.38. The summed E-state index contributed by atoms with van der Waals surface area (Å²) in [5.74, 6) is 1.35. The van der Waals surface area contributed by atoms with E-state index in [9.17, 15) is 0 Å². The summed E-state index contributed by atoms with van der Waals surface area (Å²) in [5, 5.41) is 10.8. The third-order valence-electron chi connectivity index (χ3n) is 2.08. The summed E-state index contributed by atoms with van der Waals surface area (Å²) in [5.41, 5.74) is 0.982. The number of hydrogen-bond donors (Lipinski definition) is 1. The zero-order valence-electron chi connectivity index (χ0n) is 8.92. The van der Waals surface area contributed by atoms with Crippen LogP contribution in [-0.2, 0) is 6.54 Å². The fourth-order valence-corrected chi connectivity index (χ4v) is 1.32. The molecule has 0 bridgehead atoms. The van der Waals surface area contributed by atoms with Crippen LogP contribution in [0.4, 0.5) is 5.82 Å². The van der Waals surface area contributed by atoms with Crippen LogP contribution in [0.25, 0.3) is 0 Å². The highest BCUT2D eigenvalue weighted by Crippen LogP contribution is 2.14. The highest BCUT2D eigenvalue weighted by molar-refractivity contribution is 5.35. The van der Waals surface area contributed by atoms with Gasteiger partial charge in [0.2, 0.25) is 5.88 Å². The Balaban J connectivity index is 2.05. The number of anilines is 1. The van der Waals surface area contributed by atoms with Crippen LogP contribution in [0.15, 0.2) is 36.7 Å². The van der Waals surface area contributed by atoms with E-state index in [-0.39, 0.29) is 0 Å². The Hall–Kier alpha value is -2.17. The normalized spacial score (nSPS) is 9.81. The van der Waals surface area contributed by atoms with Gasteiger partial charge < -0.3 is 10.1 Å². The van der Waals surface area contributed by atoms with E-state index in [1.54, 1.807) is 19.5 Å². The lowest BCUT2D eigenvalue weighted by molar-refractivity contribution is 0.393. The fourth-order valence-electron chi connectivity index (χ4n) is 1.32. The predicted molar refractivity (Wildman–Crippen MR) is 60.1 cm³/mol. The lowest BCUT2D eigenvalue weighted by atomic mass is 10.2. The summed E-state index contributed by atoms with van der Waals surface area (Å²) in [6.07, 6.45) is 3.33. The van der Waals surface area contributed by atoms with E-state index in [1.165, 1.54) is 0 Å². The van der Waals surface area contributed by atoms with Crippen LogP contribution in [-0.4, -0.2) is 22.3 Å². The number of nitrogens with zero attached hydrogens (tertiary/aromatic N) is 3. The van der Waals surface area contributed by atoms with Crippen molar-refractivity contribution in [3.05, 3.63) is 42.2 Å². The van der Waals surface area contributed by atoms with E-state index in [2.05, 4.69) is 20.5 Å². The summed E-state index contributed by atoms with van der Waals surface area (Å²) >= 11 is 0. The predicted octanol–water partition coefficient (Wildman–Crippen LogP) is 1.49. The molecule has 0 unspecified atom stereocenters. The maximum absolute atomic E-state index is 5.15. The first kappa shape index (κ1) is 10.4. The molecular weight excluding hydrogens is 204 g/mol. The van der Waals surface area contributed by atoms with Crippen molar-refractivity contribution >= 4 is 5.82 Å². The Bertz CT molecular complexity index is 447. The molecule has 2 rings (SSSR count). The maximum atomic E-state index is 5.15. The van der Waals surface area contributed by atoms with Crippen molar-refractivity contribution in [3.63, 3.8) is 0 Å². The van der Waals surface area contributed by atoms with Crippen molar-refractivity contribution in [2.24, 2.45) is 0 Å². The highest BCUT2D eigenvalue weighted by atomic mass is 16.5. The van der Waals surface area contributed by atoms with Gasteiger partial charge in [0, 0.05) is 24.5 Å². The SMILES string of the molecule is COc1ncccc1CNc1cccnn1. The van der Waals surface area contributed by atoms with Crippen LogP contribution >= 0.6 is 0 Å². The number of methoxy groups -OCH3 is 1. The zero-order chi connectivity index (χ0) is 11.2. The van der Waals surface area contributed by atoms with Crippen molar-refractivity contribution < 1.29 is 4.74 Å². The van der Waals surface area contributed by atoms with Crippen molar-refractivity contribution in [1.29, 1.82) is 0 Å². The van der Waals surface area contributed by atoms with Crippen molar-refractivity contribution in [1.82, 2.24) is 15.2 Å². The van der Waals surface area contributed by atoms with E-state index in [4.69, 9.17) is 4.74 Å². The molecule has 0 aromatic carbocycles. The summed E-state index contributed by atoms with van der Waals surface area (Å²) in [4.78, 5) is 4.11. The fraction of sp³-hybridized carbons (Fsp3) is 0.182. The standard InChI is InChI=1S/C11H12N4O/c1-16-11-9(4-2-6-12-11)8-13-10-5-3-7-14-15-10/h2-7H,8H2,1H3,(H,13,15). The quantitative estimate of drug-likeness (QED) is 0.839. The average molecular weight is 216 g/mol. The van der Waals surface area contributed by atoms with Crippen molar-refractivity contribution in [2.45, 2.75) is 6.54 Å². The minimum Gasteiger partial charge on any atom is -0.481 e. The Morgan fingerprint density at radius 2 is 2.12 bits per heavy atom. The van der Waals surface area contributed by atoms with Crippen molar-refractivity contribution in [3.8, 4) is 5.88 Å². The van der Waals surface area contributed by atoms with Gasteiger partial charge >= 0.3 is 0 Å². The molecule has 82 valence electrons. The van der Waals surface area contributed by atoms with Crippen LogP contribution in [0.5, 0.6) is 5.88 Å². The molecule has 0 aliphatic rings. The number of hydrogen-bond acceptors (Lipinski definition) is 5. The molecule has 0 atom stereocenters. The number of ether oxygens (including phenoxy) is 1. The Morgan fingerprint density at radius 3 is 2.88 bits per heavy atom. The van der Waals surface area contributed by atoms with E-state index < -0.39 is 0 Å². The van der Waals surface area contributed by atoms with Gasteiger partial charge in [0.25, 0.3) is 0 Å². The topological polar surface area (TPSA) is 59.9 Å². The number of nitrogens with one attached hydrogen (secondary N) is 1. The van der Waals surface area contributed by atoms with Crippen LogP contribution in [0.1, 0.15) is 5.56 Å². The van der Waals surface area contributed by atoms with Gasteiger partial charge in [0.1, 0.15) is 5.82 Å². The maximum Gasteiger partial charge on any atom is 0.218 e. The monoisotopic (exact) mass is 216 g/mol. The van der Waals surface area contributed by atoms with Crippen LogP contribution in [0, 0.1) is 0 Å². The van der Waals surface area contributed by atoms with Crippen molar-refractivity contribution in [2.75, 3.05) is 12.4 Å². The number of rotatable bonds is 4. The van der Waals surface area contributed by atoms with Gasteiger partial charge in [-0.2, -0.15) is 5.10 Å². The highest BCUT2D eigenvalue weighted by Gasteiger charge is 2.02. The molecule has 0 aliphatic carbocycles. The molecule has 2 aromatic rings. The molecule has 5 heteroatoms. The molecule has 0 aliphatic heterocycles. The van der Waals surface area contributed by atoms with Gasteiger partial charge in [-0.1, -0.05) is 6.07 Å².